The third kappa shape index (κ3) is 3.98. The van der Waals surface area contributed by atoms with Gasteiger partial charge in [0.25, 0.3) is 0 Å². The average Bonchev–Trinajstić information content (AvgIpc) is 2.77. The summed E-state index contributed by atoms with van der Waals surface area (Å²) in [5.74, 6) is -1.14. The zero-order valence-electron chi connectivity index (χ0n) is 10.9. The van der Waals surface area contributed by atoms with Crippen molar-refractivity contribution in [3.05, 3.63) is 0 Å². The van der Waals surface area contributed by atoms with Crippen LogP contribution in [0, 0.1) is 5.41 Å². The zero-order valence-corrected chi connectivity index (χ0v) is 10.9. The molecular weight excluding hydrogens is 234 g/mol. The molecule has 1 aliphatic carbocycles. The van der Waals surface area contributed by atoms with Crippen LogP contribution in [0.15, 0.2) is 0 Å². The first-order valence-corrected chi connectivity index (χ1v) is 6.68. The van der Waals surface area contributed by atoms with Gasteiger partial charge < -0.3 is 15.5 Å². The first-order chi connectivity index (χ1) is 8.50. The molecule has 5 heteroatoms. The van der Waals surface area contributed by atoms with E-state index in [-0.39, 0.29) is 18.9 Å². The third-order valence-corrected chi connectivity index (χ3v) is 3.67. The van der Waals surface area contributed by atoms with Crippen molar-refractivity contribution in [3.63, 3.8) is 0 Å². The first-order valence-electron chi connectivity index (χ1n) is 6.68. The smallest absolute Gasteiger partial charge is 0.310 e. The Balaban J connectivity index is 2.41. The number of nitrogens with one attached hydrogen (secondary N) is 1. The maximum absolute atomic E-state index is 11.7. The Kier molecular flexibility index (Phi) is 5.59. The molecule has 1 saturated carbocycles. The van der Waals surface area contributed by atoms with Gasteiger partial charge in [0.05, 0.1) is 11.5 Å². The summed E-state index contributed by atoms with van der Waals surface area (Å²) < 4.78 is 0. The number of aliphatic carboxylic acids is 1. The minimum absolute atomic E-state index is 0.0289. The van der Waals surface area contributed by atoms with Gasteiger partial charge in [-0.1, -0.05) is 26.2 Å². The van der Waals surface area contributed by atoms with Crippen molar-refractivity contribution in [2.75, 3.05) is 6.54 Å². The molecule has 1 atom stereocenters. The van der Waals surface area contributed by atoms with Gasteiger partial charge in [-0.3, -0.25) is 9.59 Å². The number of amides is 1. The van der Waals surface area contributed by atoms with Crippen LogP contribution in [0.1, 0.15) is 51.9 Å². The molecule has 1 rings (SSSR count). The highest BCUT2D eigenvalue weighted by atomic mass is 16.4. The number of carboxylic acids is 1. The van der Waals surface area contributed by atoms with Crippen molar-refractivity contribution < 1.29 is 19.8 Å². The van der Waals surface area contributed by atoms with Crippen molar-refractivity contribution in [3.8, 4) is 0 Å². The van der Waals surface area contributed by atoms with E-state index in [2.05, 4.69) is 5.32 Å². The molecule has 104 valence electrons. The minimum atomic E-state index is -0.875. The molecule has 0 aromatic carbocycles. The van der Waals surface area contributed by atoms with Crippen molar-refractivity contribution >= 4 is 11.9 Å². The number of hydrogen-bond acceptors (Lipinski definition) is 3. The highest BCUT2D eigenvalue weighted by molar-refractivity contribution is 5.85. The monoisotopic (exact) mass is 257 g/mol. The summed E-state index contributed by atoms with van der Waals surface area (Å²) in [6, 6.07) is 0. The summed E-state index contributed by atoms with van der Waals surface area (Å²) in [6.07, 6.45) is 3.89. The molecule has 1 unspecified atom stereocenters. The molecule has 0 saturated heterocycles. The van der Waals surface area contributed by atoms with Gasteiger partial charge >= 0.3 is 5.97 Å². The van der Waals surface area contributed by atoms with Crippen molar-refractivity contribution in [1.29, 1.82) is 0 Å². The second kappa shape index (κ2) is 6.73. The lowest BCUT2D eigenvalue weighted by atomic mass is 9.82. The fraction of sp³-hybridized carbons (Fsp3) is 0.846. The van der Waals surface area contributed by atoms with Crippen LogP contribution in [0.3, 0.4) is 0 Å². The third-order valence-electron chi connectivity index (χ3n) is 3.67. The summed E-state index contributed by atoms with van der Waals surface area (Å²) in [6.45, 7) is 2.17. The molecule has 0 aromatic heterocycles. The van der Waals surface area contributed by atoms with E-state index in [1.807, 2.05) is 6.92 Å². The van der Waals surface area contributed by atoms with E-state index in [9.17, 15) is 19.8 Å². The van der Waals surface area contributed by atoms with Crippen LogP contribution < -0.4 is 5.32 Å². The Hall–Kier alpha value is -1.10. The van der Waals surface area contributed by atoms with E-state index in [0.29, 0.717) is 19.3 Å². The fourth-order valence-corrected chi connectivity index (χ4v) is 2.55. The van der Waals surface area contributed by atoms with Crippen LogP contribution in [-0.4, -0.2) is 34.7 Å². The lowest BCUT2D eigenvalue weighted by Crippen LogP contribution is -2.38. The van der Waals surface area contributed by atoms with Gasteiger partial charge in [-0.25, -0.2) is 0 Å². The van der Waals surface area contributed by atoms with Crippen LogP contribution in [0.4, 0.5) is 0 Å². The second-order valence-corrected chi connectivity index (χ2v) is 5.22. The molecule has 5 nitrogen and oxygen atoms in total. The summed E-state index contributed by atoms with van der Waals surface area (Å²) >= 11 is 0. The Bertz CT molecular complexity index is 297. The molecule has 0 aromatic rings. The molecule has 1 aliphatic rings. The first kappa shape index (κ1) is 15.0. The summed E-state index contributed by atoms with van der Waals surface area (Å²) in [5.41, 5.74) is -0.875. The lowest BCUT2D eigenvalue weighted by Gasteiger charge is -2.23. The van der Waals surface area contributed by atoms with Crippen molar-refractivity contribution in [2.24, 2.45) is 5.41 Å². The van der Waals surface area contributed by atoms with Gasteiger partial charge in [-0.2, -0.15) is 0 Å². The van der Waals surface area contributed by atoms with E-state index < -0.39 is 17.5 Å². The summed E-state index contributed by atoms with van der Waals surface area (Å²) in [5, 5.41) is 21.4. The van der Waals surface area contributed by atoms with E-state index in [0.717, 1.165) is 19.3 Å². The largest absolute Gasteiger partial charge is 0.481 e. The van der Waals surface area contributed by atoms with Gasteiger partial charge in [0.2, 0.25) is 5.91 Å². The zero-order chi connectivity index (χ0) is 13.6. The van der Waals surface area contributed by atoms with Crippen LogP contribution in [0.5, 0.6) is 0 Å². The Labute approximate surface area is 108 Å². The molecule has 3 N–H and O–H groups in total. The van der Waals surface area contributed by atoms with Crippen LogP contribution in [-0.2, 0) is 9.59 Å². The van der Waals surface area contributed by atoms with Gasteiger partial charge in [-0.05, 0) is 19.3 Å². The number of carbonyl (C=O) groups excluding carboxylic acids is 1. The number of aliphatic hydroxyl groups is 1. The maximum Gasteiger partial charge on any atom is 0.310 e. The quantitative estimate of drug-likeness (QED) is 0.641. The predicted molar refractivity (Wildman–Crippen MR) is 67.1 cm³/mol. The SMILES string of the molecule is CCCC(O)CNC(=O)CC1(C(=O)O)CCCC1. The van der Waals surface area contributed by atoms with E-state index in [4.69, 9.17) is 0 Å². The Morgan fingerprint density at radius 1 is 1.33 bits per heavy atom. The number of carboxylic acid groups (broad SMARTS) is 1. The molecule has 0 aliphatic heterocycles. The maximum atomic E-state index is 11.7. The minimum Gasteiger partial charge on any atom is -0.481 e. The summed E-state index contributed by atoms with van der Waals surface area (Å²) in [4.78, 5) is 23.0. The number of hydrogen-bond donors (Lipinski definition) is 3. The van der Waals surface area contributed by atoms with E-state index in [1.54, 1.807) is 0 Å². The molecular formula is C13H23NO4. The molecule has 18 heavy (non-hydrogen) atoms. The van der Waals surface area contributed by atoms with E-state index in [1.165, 1.54) is 0 Å². The van der Waals surface area contributed by atoms with E-state index >= 15 is 0 Å². The fourth-order valence-electron chi connectivity index (χ4n) is 2.55. The average molecular weight is 257 g/mol. The number of aliphatic hydroxyl groups excluding tert-OH is 1. The molecule has 0 bridgehead atoms. The molecule has 0 spiro atoms. The standard InChI is InChI=1S/C13H23NO4/c1-2-5-10(15)9-14-11(16)8-13(12(17)18)6-3-4-7-13/h10,15H,2-9H2,1H3,(H,14,16)(H,17,18). The normalized spacial score (nSPS) is 19.4. The molecule has 1 fully saturated rings. The van der Waals surface area contributed by atoms with Crippen LogP contribution in [0.25, 0.3) is 0 Å². The Morgan fingerprint density at radius 3 is 2.44 bits per heavy atom. The number of carbonyl (C=O) groups is 2. The van der Waals surface area contributed by atoms with Crippen molar-refractivity contribution in [1.82, 2.24) is 5.32 Å². The van der Waals surface area contributed by atoms with Crippen LogP contribution in [0.2, 0.25) is 0 Å². The molecule has 1 amide bonds. The Morgan fingerprint density at radius 2 is 1.94 bits per heavy atom. The molecule has 0 heterocycles. The van der Waals surface area contributed by atoms with Crippen LogP contribution >= 0.6 is 0 Å². The predicted octanol–water partition coefficient (Wildman–Crippen LogP) is 1.30. The van der Waals surface area contributed by atoms with Gasteiger partial charge in [0, 0.05) is 13.0 Å². The van der Waals surface area contributed by atoms with Gasteiger partial charge in [0.15, 0.2) is 0 Å². The summed E-state index contributed by atoms with van der Waals surface area (Å²) in [7, 11) is 0. The highest BCUT2D eigenvalue weighted by Gasteiger charge is 2.42. The van der Waals surface area contributed by atoms with Gasteiger partial charge in [0.1, 0.15) is 0 Å². The highest BCUT2D eigenvalue weighted by Crippen LogP contribution is 2.41. The van der Waals surface area contributed by atoms with Gasteiger partial charge in [-0.15, -0.1) is 0 Å². The lowest BCUT2D eigenvalue weighted by molar-refractivity contribution is -0.151. The van der Waals surface area contributed by atoms with Crippen molar-refractivity contribution in [2.45, 2.75) is 58.0 Å². The number of rotatable bonds is 7. The topological polar surface area (TPSA) is 86.6 Å². The molecule has 0 radical (unpaired) electrons. The second-order valence-electron chi connectivity index (χ2n) is 5.22.